The Balaban J connectivity index is 1.35. The average molecular weight is 473 g/mol. The molecule has 1 N–H and O–H groups in total. The molecule has 2 aromatic rings. The molecular formula is C26H32O6S. The Morgan fingerprint density at radius 2 is 1.97 bits per heavy atom. The number of furan rings is 1. The molecule has 1 aliphatic heterocycles. The van der Waals surface area contributed by atoms with Gasteiger partial charge in [0, 0.05) is 44.1 Å². The molecule has 2 aliphatic carbocycles. The van der Waals surface area contributed by atoms with Crippen LogP contribution in [0.5, 0.6) is 0 Å². The van der Waals surface area contributed by atoms with Crippen molar-refractivity contribution in [3.63, 3.8) is 0 Å². The van der Waals surface area contributed by atoms with Gasteiger partial charge < -0.3 is 14.3 Å². The number of aryl methyl sites for hydroxylation is 1. The third-order valence-corrected chi connectivity index (χ3v) is 9.25. The molecule has 178 valence electrons. The smallest absolute Gasteiger partial charge is 0.218 e. The third kappa shape index (κ3) is 4.55. The number of aliphatic hydroxyl groups is 1. The number of ketones is 1. The second-order valence-electron chi connectivity index (χ2n) is 10.0. The SMILES string of the molecule is C[C@@H](c1ccc2c(c1CC(=O)CS(=O)(=O)c1cc(C3(O)CCOCC3)co1)CCC2)C1CC1. The molecule has 6 nitrogen and oxygen atoms in total. The number of benzene rings is 1. The monoisotopic (exact) mass is 472 g/mol. The Hall–Kier alpha value is -1.96. The molecule has 0 spiro atoms. The fourth-order valence-corrected chi connectivity index (χ4v) is 6.67. The van der Waals surface area contributed by atoms with E-state index >= 15 is 0 Å². The number of carbonyl (C=O) groups excluding carboxylic acids is 1. The Kier molecular flexibility index (Phi) is 6.00. The molecule has 2 fully saturated rings. The van der Waals surface area contributed by atoms with Gasteiger partial charge in [0.05, 0.1) is 11.9 Å². The highest BCUT2D eigenvalue weighted by Crippen LogP contribution is 2.45. The van der Waals surface area contributed by atoms with Crippen molar-refractivity contribution in [2.45, 2.75) is 74.9 Å². The molecule has 2 heterocycles. The van der Waals surface area contributed by atoms with E-state index in [2.05, 4.69) is 19.1 Å². The summed E-state index contributed by atoms with van der Waals surface area (Å²) in [5, 5.41) is 10.6. The lowest BCUT2D eigenvalue weighted by molar-refractivity contribution is -0.116. The Labute approximate surface area is 195 Å². The summed E-state index contributed by atoms with van der Waals surface area (Å²) in [5.41, 5.74) is 4.10. The van der Waals surface area contributed by atoms with E-state index in [1.807, 2.05) is 0 Å². The summed E-state index contributed by atoms with van der Waals surface area (Å²) in [4.78, 5) is 13.0. The second kappa shape index (κ2) is 8.67. The zero-order valence-corrected chi connectivity index (χ0v) is 20.0. The van der Waals surface area contributed by atoms with Gasteiger partial charge in [0.15, 0.2) is 5.78 Å². The largest absolute Gasteiger partial charge is 0.453 e. The zero-order valence-electron chi connectivity index (χ0n) is 19.1. The number of rotatable bonds is 8. The number of ether oxygens (including phenoxy) is 1. The van der Waals surface area contributed by atoms with E-state index in [9.17, 15) is 18.3 Å². The second-order valence-corrected chi connectivity index (χ2v) is 11.9. The van der Waals surface area contributed by atoms with Gasteiger partial charge in [0.2, 0.25) is 14.9 Å². The average Bonchev–Trinajstić information content (AvgIpc) is 3.28. The number of Topliss-reactive ketones (excluding diaryl/α,β-unsaturated/α-hetero) is 1. The first-order valence-corrected chi connectivity index (χ1v) is 13.7. The molecule has 0 unspecified atom stereocenters. The fourth-order valence-electron chi connectivity index (χ4n) is 5.50. The highest BCUT2D eigenvalue weighted by Gasteiger charge is 2.36. The zero-order chi connectivity index (χ0) is 23.2. The van der Waals surface area contributed by atoms with Crippen LogP contribution in [0.2, 0.25) is 0 Å². The topological polar surface area (TPSA) is 93.8 Å². The summed E-state index contributed by atoms with van der Waals surface area (Å²) in [5.74, 6) is 0.146. The first kappa shape index (κ1) is 22.8. The highest BCUT2D eigenvalue weighted by molar-refractivity contribution is 7.92. The van der Waals surface area contributed by atoms with Crippen LogP contribution in [0, 0.1) is 5.92 Å². The predicted molar refractivity (Wildman–Crippen MR) is 123 cm³/mol. The molecule has 7 heteroatoms. The molecule has 33 heavy (non-hydrogen) atoms. The molecule has 1 aromatic heterocycles. The minimum Gasteiger partial charge on any atom is -0.453 e. The van der Waals surface area contributed by atoms with E-state index in [1.165, 1.54) is 41.9 Å². The van der Waals surface area contributed by atoms with Crippen molar-refractivity contribution in [1.29, 1.82) is 0 Å². The quantitative estimate of drug-likeness (QED) is 0.627. The van der Waals surface area contributed by atoms with Gasteiger partial charge in [0.1, 0.15) is 5.75 Å². The van der Waals surface area contributed by atoms with E-state index in [1.54, 1.807) is 0 Å². The number of fused-ring (bicyclic) bond motifs is 1. The lowest BCUT2D eigenvalue weighted by Gasteiger charge is -2.30. The van der Waals surface area contributed by atoms with Crippen LogP contribution in [0.1, 0.15) is 72.8 Å². The molecule has 1 aromatic carbocycles. The molecule has 1 atom stereocenters. The Bertz CT molecular complexity index is 1150. The van der Waals surface area contributed by atoms with Gasteiger partial charge in [-0.2, -0.15) is 0 Å². The maximum Gasteiger partial charge on any atom is 0.218 e. The van der Waals surface area contributed by atoms with Gasteiger partial charge in [-0.1, -0.05) is 19.1 Å². The van der Waals surface area contributed by atoms with Gasteiger partial charge in [-0.3, -0.25) is 4.79 Å². The molecule has 0 bridgehead atoms. The van der Waals surface area contributed by atoms with Crippen molar-refractivity contribution in [2.24, 2.45) is 5.92 Å². The van der Waals surface area contributed by atoms with Gasteiger partial charge in [-0.05, 0) is 66.2 Å². The number of carbonyl (C=O) groups is 1. The van der Waals surface area contributed by atoms with Gasteiger partial charge in [0.25, 0.3) is 0 Å². The van der Waals surface area contributed by atoms with E-state index in [0.717, 1.165) is 24.8 Å². The summed E-state index contributed by atoms with van der Waals surface area (Å²) in [7, 11) is -3.93. The molecule has 1 saturated heterocycles. The summed E-state index contributed by atoms with van der Waals surface area (Å²) >= 11 is 0. The normalized spacial score (nSPS) is 21.0. The van der Waals surface area contributed by atoms with Crippen LogP contribution in [0.3, 0.4) is 0 Å². The maximum atomic E-state index is 13.0. The van der Waals surface area contributed by atoms with Crippen LogP contribution >= 0.6 is 0 Å². The van der Waals surface area contributed by atoms with Gasteiger partial charge in [-0.15, -0.1) is 0 Å². The maximum absolute atomic E-state index is 13.0. The van der Waals surface area contributed by atoms with E-state index in [4.69, 9.17) is 9.15 Å². The van der Waals surface area contributed by atoms with E-state index < -0.39 is 21.2 Å². The summed E-state index contributed by atoms with van der Waals surface area (Å²) in [6.07, 6.45) is 7.71. The molecule has 0 amide bonds. The van der Waals surface area contributed by atoms with Crippen molar-refractivity contribution >= 4 is 15.6 Å². The van der Waals surface area contributed by atoms with Crippen molar-refractivity contribution in [1.82, 2.24) is 0 Å². The standard InChI is InChI=1S/C26H32O6S/c1-17(18-5-6-18)22-8-7-19-3-2-4-23(19)24(22)14-21(27)16-33(29,30)25-13-20(15-32-25)26(28)9-11-31-12-10-26/h7-8,13,15,17-18,28H,2-6,9-12,14,16H2,1H3/t17-/m1/s1. The highest BCUT2D eigenvalue weighted by atomic mass is 32.2. The van der Waals surface area contributed by atoms with Crippen molar-refractivity contribution in [2.75, 3.05) is 19.0 Å². The molecule has 0 radical (unpaired) electrons. The number of sulfone groups is 1. The minimum absolute atomic E-state index is 0.142. The predicted octanol–water partition coefficient (Wildman–Crippen LogP) is 3.87. The summed E-state index contributed by atoms with van der Waals surface area (Å²) in [6, 6.07) is 5.74. The van der Waals surface area contributed by atoms with Crippen LogP contribution in [-0.4, -0.2) is 38.3 Å². The summed E-state index contributed by atoms with van der Waals surface area (Å²) < 4.78 is 36.6. The Morgan fingerprint density at radius 3 is 2.70 bits per heavy atom. The van der Waals surface area contributed by atoms with Gasteiger partial charge in [-0.25, -0.2) is 8.42 Å². The lowest BCUT2D eigenvalue weighted by Crippen LogP contribution is -2.33. The first-order chi connectivity index (χ1) is 15.8. The van der Waals surface area contributed by atoms with Crippen molar-refractivity contribution < 1.29 is 27.5 Å². The fraction of sp³-hybridized carbons (Fsp3) is 0.577. The van der Waals surface area contributed by atoms with Crippen molar-refractivity contribution in [3.05, 3.63) is 52.3 Å². The van der Waals surface area contributed by atoms with Crippen LogP contribution in [0.25, 0.3) is 0 Å². The molecule has 3 aliphatic rings. The van der Waals surface area contributed by atoms with Crippen LogP contribution < -0.4 is 0 Å². The Morgan fingerprint density at radius 1 is 1.21 bits per heavy atom. The van der Waals surface area contributed by atoms with Crippen LogP contribution in [-0.2, 0) is 44.2 Å². The third-order valence-electron chi connectivity index (χ3n) is 7.72. The summed E-state index contributed by atoms with van der Waals surface area (Å²) in [6.45, 7) is 3.04. The lowest BCUT2D eigenvalue weighted by atomic mass is 9.86. The number of hydrogen-bond donors (Lipinski definition) is 1. The molecular weight excluding hydrogens is 440 g/mol. The van der Waals surface area contributed by atoms with Crippen molar-refractivity contribution in [3.8, 4) is 0 Å². The molecule has 5 rings (SSSR count). The van der Waals surface area contributed by atoms with Gasteiger partial charge >= 0.3 is 0 Å². The minimum atomic E-state index is -3.93. The van der Waals surface area contributed by atoms with E-state index in [0.29, 0.717) is 43.5 Å². The first-order valence-electron chi connectivity index (χ1n) is 12.0. The van der Waals surface area contributed by atoms with Crippen LogP contribution in [0.15, 0.2) is 34.0 Å². The van der Waals surface area contributed by atoms with Crippen LogP contribution in [0.4, 0.5) is 0 Å². The molecule has 1 saturated carbocycles. The van der Waals surface area contributed by atoms with E-state index in [-0.39, 0.29) is 17.3 Å². The number of hydrogen-bond acceptors (Lipinski definition) is 6.